The number of rotatable bonds is 6. The molecule has 2 saturated carbocycles. The molecule has 22 heavy (non-hydrogen) atoms. The molecule has 4 unspecified atom stereocenters. The Morgan fingerprint density at radius 1 is 1.18 bits per heavy atom. The summed E-state index contributed by atoms with van der Waals surface area (Å²) in [7, 11) is 0. The first kappa shape index (κ1) is 17.4. The minimum atomic E-state index is -0.484. The van der Waals surface area contributed by atoms with E-state index in [1.807, 2.05) is 0 Å². The van der Waals surface area contributed by atoms with Crippen LogP contribution >= 0.6 is 0 Å². The summed E-state index contributed by atoms with van der Waals surface area (Å²) in [5, 5.41) is 22.8. The van der Waals surface area contributed by atoms with Crippen molar-refractivity contribution in [2.45, 2.75) is 76.5 Å². The first-order valence-electron chi connectivity index (χ1n) is 8.62. The van der Waals surface area contributed by atoms with Gasteiger partial charge in [-0.15, -0.1) is 0 Å². The lowest BCUT2D eigenvalue weighted by molar-refractivity contribution is -0.124. The maximum atomic E-state index is 11.9. The normalized spacial score (nSPS) is 36.8. The molecule has 0 bridgehead atoms. The van der Waals surface area contributed by atoms with Crippen molar-refractivity contribution < 1.29 is 19.8 Å². The maximum absolute atomic E-state index is 11.9. The smallest absolute Gasteiger partial charge is 0.220 e. The van der Waals surface area contributed by atoms with Crippen LogP contribution in [-0.4, -0.2) is 40.7 Å². The molecule has 1 amide bonds. The van der Waals surface area contributed by atoms with Crippen molar-refractivity contribution in [2.24, 2.45) is 17.8 Å². The molecule has 2 aliphatic rings. The van der Waals surface area contributed by atoms with Crippen molar-refractivity contribution in [3.8, 4) is 0 Å². The van der Waals surface area contributed by atoms with Gasteiger partial charge in [0.1, 0.15) is 6.29 Å². The van der Waals surface area contributed by atoms with Gasteiger partial charge in [-0.2, -0.15) is 0 Å². The highest BCUT2D eigenvalue weighted by molar-refractivity contribution is 5.78. The summed E-state index contributed by atoms with van der Waals surface area (Å²) in [6.45, 7) is 2.22. The molecule has 0 aromatic heterocycles. The summed E-state index contributed by atoms with van der Waals surface area (Å²) in [5.41, 5.74) is 0. The van der Waals surface area contributed by atoms with Crippen LogP contribution < -0.4 is 5.32 Å². The fourth-order valence-electron chi connectivity index (χ4n) is 4.23. The zero-order chi connectivity index (χ0) is 16.1. The van der Waals surface area contributed by atoms with Gasteiger partial charge < -0.3 is 20.3 Å². The Kier molecular flexibility index (Phi) is 6.38. The molecule has 2 rings (SSSR count). The highest BCUT2D eigenvalue weighted by atomic mass is 16.3. The average molecular weight is 311 g/mol. The minimum Gasteiger partial charge on any atom is -0.393 e. The highest BCUT2D eigenvalue weighted by Gasteiger charge is 2.41. The van der Waals surface area contributed by atoms with Gasteiger partial charge >= 0.3 is 0 Å². The van der Waals surface area contributed by atoms with Gasteiger partial charge in [0.2, 0.25) is 5.91 Å². The van der Waals surface area contributed by atoms with E-state index in [0.29, 0.717) is 11.8 Å². The Hall–Kier alpha value is -0.940. The molecule has 0 aromatic rings. The third-order valence-corrected chi connectivity index (χ3v) is 5.65. The maximum Gasteiger partial charge on any atom is 0.220 e. The predicted octanol–water partition coefficient (Wildman–Crippen LogP) is 1.41. The molecule has 2 aliphatic carbocycles. The van der Waals surface area contributed by atoms with Crippen LogP contribution in [-0.2, 0) is 9.59 Å². The lowest BCUT2D eigenvalue weighted by Gasteiger charge is -2.36. The number of hydrogen-bond acceptors (Lipinski definition) is 4. The molecular weight excluding hydrogens is 282 g/mol. The van der Waals surface area contributed by atoms with E-state index >= 15 is 0 Å². The Balaban J connectivity index is 1.92. The van der Waals surface area contributed by atoms with E-state index in [4.69, 9.17) is 0 Å². The molecule has 126 valence electrons. The number of aliphatic hydroxyl groups is 2. The van der Waals surface area contributed by atoms with E-state index in [9.17, 15) is 19.8 Å². The van der Waals surface area contributed by atoms with Gasteiger partial charge in [-0.1, -0.05) is 6.92 Å². The van der Waals surface area contributed by atoms with Crippen LogP contribution in [0.5, 0.6) is 0 Å². The number of carbonyl (C=O) groups excluding carboxylic acids is 2. The second-order valence-electron chi connectivity index (χ2n) is 7.03. The number of hydrogen-bond donors (Lipinski definition) is 3. The van der Waals surface area contributed by atoms with Crippen LogP contribution in [0, 0.1) is 17.8 Å². The summed E-state index contributed by atoms with van der Waals surface area (Å²) >= 11 is 0. The van der Waals surface area contributed by atoms with Crippen LogP contribution in [0.3, 0.4) is 0 Å². The number of nitrogens with one attached hydrogen (secondary N) is 1. The summed E-state index contributed by atoms with van der Waals surface area (Å²) in [5.74, 6) is 1.14. The van der Waals surface area contributed by atoms with Gasteiger partial charge in [-0.25, -0.2) is 0 Å². The molecule has 5 heteroatoms. The Labute approximate surface area is 132 Å². The average Bonchev–Trinajstić information content (AvgIpc) is 2.86. The summed E-state index contributed by atoms with van der Waals surface area (Å²) in [4.78, 5) is 22.2. The monoisotopic (exact) mass is 311 g/mol. The largest absolute Gasteiger partial charge is 0.393 e. The zero-order valence-corrected chi connectivity index (χ0v) is 13.4. The molecule has 0 aliphatic heterocycles. The van der Waals surface area contributed by atoms with Gasteiger partial charge in [0, 0.05) is 12.8 Å². The number of amides is 1. The van der Waals surface area contributed by atoms with E-state index < -0.39 is 6.10 Å². The number of aldehydes is 1. The van der Waals surface area contributed by atoms with Gasteiger partial charge in [-0.05, 0) is 56.3 Å². The molecule has 3 N–H and O–H groups in total. The molecule has 5 nitrogen and oxygen atoms in total. The van der Waals surface area contributed by atoms with Crippen LogP contribution in [0.1, 0.15) is 58.3 Å². The third-order valence-electron chi connectivity index (χ3n) is 5.65. The Bertz CT molecular complexity index is 379. The van der Waals surface area contributed by atoms with Crippen molar-refractivity contribution in [1.82, 2.24) is 5.32 Å². The SMILES string of the molecule is CC(C1CCC(O)CC1)C1CCC(O)C1NC(=O)CCC=O. The molecule has 2 fully saturated rings. The van der Waals surface area contributed by atoms with E-state index in [2.05, 4.69) is 12.2 Å². The van der Waals surface area contributed by atoms with E-state index in [1.165, 1.54) is 0 Å². The summed E-state index contributed by atoms with van der Waals surface area (Å²) in [6.07, 6.45) is 5.97. The zero-order valence-electron chi connectivity index (χ0n) is 13.4. The number of carbonyl (C=O) groups is 2. The molecule has 4 atom stereocenters. The lowest BCUT2D eigenvalue weighted by Crippen LogP contribution is -2.46. The van der Waals surface area contributed by atoms with Crippen molar-refractivity contribution in [1.29, 1.82) is 0 Å². The first-order chi connectivity index (χ1) is 10.5. The highest BCUT2D eigenvalue weighted by Crippen LogP contribution is 2.40. The van der Waals surface area contributed by atoms with Crippen molar-refractivity contribution in [2.75, 3.05) is 0 Å². The quantitative estimate of drug-likeness (QED) is 0.647. The molecule has 0 heterocycles. The second kappa shape index (κ2) is 8.06. The standard InChI is InChI=1S/C17H29NO4/c1-11(12-4-6-13(20)7-5-12)14-8-9-15(21)17(14)18-16(22)3-2-10-19/h10-15,17,20-21H,2-9H2,1H3,(H,18,22). The van der Waals surface area contributed by atoms with Gasteiger partial charge in [0.25, 0.3) is 0 Å². The minimum absolute atomic E-state index is 0.144. The topological polar surface area (TPSA) is 86.6 Å². The van der Waals surface area contributed by atoms with Gasteiger partial charge in [0.15, 0.2) is 0 Å². The Morgan fingerprint density at radius 2 is 1.86 bits per heavy atom. The van der Waals surface area contributed by atoms with Crippen LogP contribution in [0.2, 0.25) is 0 Å². The second-order valence-corrected chi connectivity index (χ2v) is 7.03. The van der Waals surface area contributed by atoms with Crippen molar-refractivity contribution in [3.05, 3.63) is 0 Å². The lowest BCUT2D eigenvalue weighted by atomic mass is 9.73. The molecule has 0 spiro atoms. The van der Waals surface area contributed by atoms with Crippen LogP contribution in [0.25, 0.3) is 0 Å². The first-order valence-corrected chi connectivity index (χ1v) is 8.62. The molecular formula is C17H29NO4. The number of aliphatic hydroxyl groups excluding tert-OH is 2. The van der Waals surface area contributed by atoms with Crippen LogP contribution in [0.4, 0.5) is 0 Å². The summed E-state index contributed by atoms with van der Waals surface area (Å²) < 4.78 is 0. The Morgan fingerprint density at radius 3 is 2.50 bits per heavy atom. The fraction of sp³-hybridized carbons (Fsp3) is 0.882. The van der Waals surface area contributed by atoms with Crippen molar-refractivity contribution in [3.63, 3.8) is 0 Å². The molecule has 0 aromatic carbocycles. The predicted molar refractivity (Wildman–Crippen MR) is 83.1 cm³/mol. The van der Waals surface area contributed by atoms with Gasteiger partial charge in [0.05, 0.1) is 18.2 Å². The van der Waals surface area contributed by atoms with E-state index in [-0.39, 0.29) is 36.8 Å². The molecule has 0 radical (unpaired) electrons. The van der Waals surface area contributed by atoms with E-state index in [1.54, 1.807) is 0 Å². The van der Waals surface area contributed by atoms with Crippen LogP contribution in [0.15, 0.2) is 0 Å². The molecule has 0 saturated heterocycles. The van der Waals surface area contributed by atoms with E-state index in [0.717, 1.165) is 44.8 Å². The summed E-state index contributed by atoms with van der Waals surface area (Å²) in [6, 6.07) is -0.194. The third kappa shape index (κ3) is 4.29. The van der Waals surface area contributed by atoms with Gasteiger partial charge in [-0.3, -0.25) is 4.79 Å². The van der Waals surface area contributed by atoms with Crippen molar-refractivity contribution >= 4 is 12.2 Å². The fourth-order valence-corrected chi connectivity index (χ4v) is 4.23.